The fourth-order valence-corrected chi connectivity index (χ4v) is 2.63. The second-order valence-corrected chi connectivity index (χ2v) is 5.07. The average molecular weight is 269 g/mol. The highest BCUT2D eigenvalue weighted by molar-refractivity contribution is 7.91. The number of nitrogens with zero attached hydrogens (tertiary/aromatic N) is 2. The van der Waals surface area contributed by atoms with Gasteiger partial charge < -0.3 is 9.94 Å². The van der Waals surface area contributed by atoms with E-state index in [2.05, 4.69) is 16.7 Å². The molecule has 0 aliphatic heterocycles. The van der Waals surface area contributed by atoms with Gasteiger partial charge in [0.05, 0.1) is 16.7 Å². The van der Waals surface area contributed by atoms with Crippen molar-refractivity contribution in [3.8, 4) is 5.88 Å². The van der Waals surface area contributed by atoms with E-state index >= 15 is 0 Å². The standard InChI is InChI=1S/C10H9N2O5S/c1-2-16-9-10(12(13)17-11-9)18(14,15)8-6-4-3-5-7-8/h3-7H,1-2H2. The minimum atomic E-state index is -4.04. The molecule has 0 spiro atoms. The summed E-state index contributed by atoms with van der Waals surface area (Å²) in [5.41, 5.74) is 0. The third-order valence-electron chi connectivity index (χ3n) is 2.09. The minimum absolute atomic E-state index is 0.0493. The van der Waals surface area contributed by atoms with Crippen LogP contribution in [-0.2, 0) is 9.84 Å². The maximum atomic E-state index is 12.2. The Hall–Kier alpha value is -2.09. The summed E-state index contributed by atoms with van der Waals surface area (Å²) in [6, 6.07) is 7.45. The summed E-state index contributed by atoms with van der Waals surface area (Å²) in [5, 5.41) is 13.9. The van der Waals surface area contributed by atoms with Crippen LogP contribution < -0.4 is 9.64 Å². The Morgan fingerprint density at radius 2 is 2.06 bits per heavy atom. The second kappa shape index (κ2) is 4.65. The summed E-state index contributed by atoms with van der Waals surface area (Å²) in [4.78, 5) is -0.250. The molecule has 2 rings (SSSR count). The van der Waals surface area contributed by atoms with Crippen molar-refractivity contribution in [1.82, 2.24) is 5.16 Å². The first-order chi connectivity index (χ1) is 8.57. The summed E-state index contributed by atoms with van der Waals surface area (Å²) < 4.78 is 33.5. The predicted octanol–water partition coefficient (Wildman–Crippen LogP) is 0.354. The van der Waals surface area contributed by atoms with Crippen molar-refractivity contribution < 1.29 is 22.7 Å². The van der Waals surface area contributed by atoms with Gasteiger partial charge in [0.1, 0.15) is 0 Å². The van der Waals surface area contributed by atoms with Crippen molar-refractivity contribution in [1.29, 1.82) is 0 Å². The lowest BCUT2D eigenvalue weighted by Gasteiger charge is -2.01. The molecule has 0 N–H and O–H groups in total. The van der Waals surface area contributed by atoms with E-state index in [-0.39, 0.29) is 16.4 Å². The number of ether oxygens (including phenoxy) is 1. The Balaban J connectivity index is 2.58. The molecule has 1 heterocycles. The van der Waals surface area contributed by atoms with Crippen LogP contribution in [0.15, 0.2) is 44.9 Å². The summed E-state index contributed by atoms with van der Waals surface area (Å²) in [7, 11) is -4.04. The first-order valence-electron chi connectivity index (χ1n) is 4.89. The molecule has 0 unspecified atom stereocenters. The van der Waals surface area contributed by atoms with Crippen LogP contribution in [0.3, 0.4) is 0 Å². The summed E-state index contributed by atoms with van der Waals surface area (Å²) in [6.07, 6.45) is 0. The van der Waals surface area contributed by atoms with Crippen LogP contribution >= 0.6 is 0 Å². The fraction of sp³-hybridized carbons (Fsp3) is 0.100. The molecule has 1 aromatic heterocycles. The Morgan fingerprint density at radius 3 is 2.67 bits per heavy atom. The SMILES string of the molecule is [CH2]COc1no[n+]([O-])c1S(=O)(=O)c1ccccc1. The van der Waals surface area contributed by atoms with Crippen molar-refractivity contribution in [3.63, 3.8) is 0 Å². The van der Waals surface area contributed by atoms with Crippen molar-refractivity contribution in [2.45, 2.75) is 9.92 Å². The normalized spacial score (nSPS) is 11.4. The van der Waals surface area contributed by atoms with Crippen LogP contribution in [-0.4, -0.2) is 20.2 Å². The van der Waals surface area contributed by atoms with Gasteiger partial charge in [-0.3, -0.25) is 4.63 Å². The molecule has 0 bridgehead atoms. The van der Waals surface area contributed by atoms with Crippen molar-refractivity contribution in [3.05, 3.63) is 42.5 Å². The molecular formula is C10H9N2O5S. The van der Waals surface area contributed by atoms with Gasteiger partial charge in [0.25, 0.3) is 9.84 Å². The van der Waals surface area contributed by atoms with Crippen LogP contribution in [0.5, 0.6) is 5.88 Å². The fourth-order valence-electron chi connectivity index (χ4n) is 1.34. The number of hydrogen-bond acceptors (Lipinski definition) is 6. The van der Waals surface area contributed by atoms with Crippen molar-refractivity contribution in [2.24, 2.45) is 0 Å². The monoisotopic (exact) mass is 269 g/mol. The van der Waals surface area contributed by atoms with Crippen molar-refractivity contribution >= 4 is 9.84 Å². The molecule has 0 atom stereocenters. The molecule has 0 saturated heterocycles. The lowest BCUT2D eigenvalue weighted by Crippen LogP contribution is -2.30. The van der Waals surface area contributed by atoms with Gasteiger partial charge in [0.15, 0.2) is 0 Å². The van der Waals surface area contributed by atoms with Gasteiger partial charge in [-0.1, -0.05) is 18.2 Å². The smallest absolute Gasteiger partial charge is 0.414 e. The van der Waals surface area contributed by atoms with Gasteiger partial charge in [0, 0.05) is 0 Å². The maximum Gasteiger partial charge on any atom is 0.414 e. The second-order valence-electron chi connectivity index (χ2n) is 3.21. The molecule has 2 aromatic rings. The molecule has 1 aromatic carbocycles. The van der Waals surface area contributed by atoms with Gasteiger partial charge in [-0.2, -0.15) is 0 Å². The first kappa shape index (κ1) is 12.4. The average Bonchev–Trinajstić information content (AvgIpc) is 2.73. The summed E-state index contributed by atoms with van der Waals surface area (Å²) >= 11 is 0. The number of aromatic nitrogens is 2. The summed E-state index contributed by atoms with van der Waals surface area (Å²) in [5.74, 6) is -0.399. The van der Waals surface area contributed by atoms with Gasteiger partial charge in [-0.15, -0.1) is 0 Å². The van der Waals surface area contributed by atoms with Gasteiger partial charge in [-0.25, -0.2) is 8.42 Å². The van der Waals surface area contributed by atoms with E-state index in [0.29, 0.717) is 0 Å². The molecule has 0 fully saturated rings. The van der Waals surface area contributed by atoms with E-state index in [1.165, 1.54) is 24.3 Å². The molecule has 0 amide bonds. The molecule has 0 saturated carbocycles. The van der Waals surface area contributed by atoms with Crippen LogP contribution in [0.25, 0.3) is 0 Å². The Bertz CT molecular complexity index is 636. The quantitative estimate of drug-likeness (QED) is 0.743. The molecular weight excluding hydrogens is 260 g/mol. The zero-order valence-corrected chi connectivity index (χ0v) is 9.96. The molecule has 8 heteroatoms. The van der Waals surface area contributed by atoms with E-state index in [1.807, 2.05) is 0 Å². The molecule has 0 aliphatic rings. The van der Waals surface area contributed by atoms with E-state index < -0.39 is 20.7 Å². The highest BCUT2D eigenvalue weighted by Gasteiger charge is 2.35. The molecule has 7 nitrogen and oxygen atoms in total. The third-order valence-corrected chi connectivity index (χ3v) is 3.82. The number of sulfone groups is 1. The van der Waals surface area contributed by atoms with E-state index in [1.54, 1.807) is 6.07 Å². The van der Waals surface area contributed by atoms with Gasteiger partial charge in [0.2, 0.25) is 0 Å². The van der Waals surface area contributed by atoms with E-state index in [9.17, 15) is 13.6 Å². The topological polar surface area (TPSA) is 96.3 Å². The molecule has 1 radical (unpaired) electrons. The first-order valence-corrected chi connectivity index (χ1v) is 6.37. The van der Waals surface area contributed by atoms with Gasteiger partial charge in [-0.05, 0) is 24.0 Å². The Labute approximate surface area is 103 Å². The number of hydrogen-bond donors (Lipinski definition) is 0. The molecule has 0 aliphatic carbocycles. The van der Waals surface area contributed by atoms with E-state index in [0.717, 1.165) is 0 Å². The van der Waals surface area contributed by atoms with Crippen LogP contribution in [0.4, 0.5) is 0 Å². The summed E-state index contributed by atoms with van der Waals surface area (Å²) in [6.45, 7) is 3.30. The van der Waals surface area contributed by atoms with Crippen LogP contribution in [0.1, 0.15) is 0 Å². The lowest BCUT2D eigenvalue weighted by atomic mass is 10.4. The minimum Gasteiger partial charge on any atom is -0.454 e. The lowest BCUT2D eigenvalue weighted by molar-refractivity contribution is -0.832. The van der Waals surface area contributed by atoms with Crippen molar-refractivity contribution in [2.75, 3.05) is 6.61 Å². The Morgan fingerprint density at radius 1 is 1.39 bits per heavy atom. The van der Waals surface area contributed by atoms with E-state index in [4.69, 9.17) is 4.74 Å². The zero-order chi connectivity index (χ0) is 13.2. The zero-order valence-electron chi connectivity index (χ0n) is 9.14. The predicted molar refractivity (Wildman–Crippen MR) is 58.2 cm³/mol. The third kappa shape index (κ3) is 2.02. The highest BCUT2D eigenvalue weighted by Crippen LogP contribution is 2.24. The van der Waals surface area contributed by atoms with Crippen LogP contribution in [0, 0.1) is 12.1 Å². The Kier molecular flexibility index (Phi) is 3.19. The largest absolute Gasteiger partial charge is 0.454 e. The van der Waals surface area contributed by atoms with Crippen LogP contribution in [0.2, 0.25) is 0 Å². The van der Waals surface area contributed by atoms with Gasteiger partial charge >= 0.3 is 10.9 Å². The maximum absolute atomic E-state index is 12.2. The molecule has 95 valence electrons. The number of rotatable bonds is 4. The number of benzene rings is 1. The molecule has 18 heavy (non-hydrogen) atoms. The highest BCUT2D eigenvalue weighted by atomic mass is 32.2.